The molecule has 0 fully saturated rings. The Kier molecular flexibility index (Phi) is 3.19. The summed E-state index contributed by atoms with van der Waals surface area (Å²) in [5, 5.41) is 0. The summed E-state index contributed by atoms with van der Waals surface area (Å²) in [6, 6.07) is 9.58. The van der Waals surface area contributed by atoms with Crippen LogP contribution in [-0.4, -0.2) is 0 Å². The zero-order chi connectivity index (χ0) is 7.40. The molecule has 0 heterocycles. The lowest BCUT2D eigenvalue weighted by atomic mass is 10.1. The molecule has 10 heavy (non-hydrogen) atoms. The molecule has 53 valence electrons. The highest BCUT2D eigenvalue weighted by molar-refractivity contribution is 14.1. The second-order valence-corrected chi connectivity index (χ2v) is 3.44. The number of hydrogen-bond acceptors (Lipinski definition) is 0. The van der Waals surface area contributed by atoms with Crippen molar-refractivity contribution < 1.29 is 0 Å². The van der Waals surface area contributed by atoms with Crippen molar-refractivity contribution in [2.45, 2.75) is 19.8 Å². The normalized spacial score (nSPS) is 9.80. The van der Waals surface area contributed by atoms with Gasteiger partial charge in [-0.1, -0.05) is 25.5 Å². The van der Waals surface area contributed by atoms with Crippen LogP contribution >= 0.6 is 22.6 Å². The van der Waals surface area contributed by atoms with Crippen LogP contribution in [0.5, 0.6) is 0 Å². The van der Waals surface area contributed by atoms with Gasteiger partial charge in [-0.05, 0) is 46.7 Å². The summed E-state index contributed by atoms with van der Waals surface area (Å²) in [5.41, 5.74) is 1.33. The van der Waals surface area contributed by atoms with E-state index in [1.807, 2.05) is 0 Å². The highest BCUT2D eigenvalue weighted by Gasteiger charge is 1.90. The summed E-state index contributed by atoms with van der Waals surface area (Å²) < 4.78 is 1.21. The van der Waals surface area contributed by atoms with Crippen LogP contribution in [0, 0.1) is 9.64 Å². The van der Waals surface area contributed by atoms with Gasteiger partial charge in [0.2, 0.25) is 0 Å². The second kappa shape index (κ2) is 3.96. The third-order valence-corrected chi connectivity index (χ3v) is 1.97. The van der Waals surface area contributed by atoms with Gasteiger partial charge in [-0.2, -0.15) is 0 Å². The van der Waals surface area contributed by atoms with E-state index in [1.165, 1.54) is 15.6 Å². The molecule has 1 aromatic carbocycles. The molecule has 0 N–H and O–H groups in total. The Bertz CT molecular complexity index is 206. The van der Waals surface area contributed by atoms with Crippen molar-refractivity contribution in [1.82, 2.24) is 0 Å². The maximum atomic E-state index is 3.29. The van der Waals surface area contributed by atoms with Crippen molar-refractivity contribution in [3.8, 4) is 0 Å². The van der Waals surface area contributed by atoms with Crippen molar-refractivity contribution in [2.24, 2.45) is 0 Å². The Labute approximate surface area is 75.8 Å². The molecule has 0 saturated carbocycles. The molecule has 0 aliphatic heterocycles. The summed E-state index contributed by atoms with van der Waals surface area (Å²) >= 11 is 2.29. The van der Waals surface area contributed by atoms with Crippen LogP contribution in [0.15, 0.2) is 18.2 Å². The van der Waals surface area contributed by atoms with Crippen molar-refractivity contribution in [2.75, 3.05) is 0 Å². The Balaban J connectivity index is 2.75. The Hall–Kier alpha value is -0.0500. The van der Waals surface area contributed by atoms with Gasteiger partial charge in [0.1, 0.15) is 0 Å². The fourth-order valence-electron chi connectivity index (χ4n) is 0.901. The third-order valence-electron chi connectivity index (χ3n) is 1.34. The summed E-state index contributed by atoms with van der Waals surface area (Å²) in [7, 11) is 0. The van der Waals surface area contributed by atoms with Gasteiger partial charge in [0.05, 0.1) is 0 Å². The molecule has 0 aromatic heterocycles. The molecular formula is C9H10I. The van der Waals surface area contributed by atoms with E-state index in [2.05, 4.69) is 53.8 Å². The minimum absolute atomic E-state index is 1.15. The fourth-order valence-corrected chi connectivity index (χ4v) is 1.45. The van der Waals surface area contributed by atoms with Gasteiger partial charge in [-0.3, -0.25) is 0 Å². The van der Waals surface area contributed by atoms with Crippen LogP contribution in [0.2, 0.25) is 0 Å². The van der Waals surface area contributed by atoms with Crippen LogP contribution in [0.1, 0.15) is 18.9 Å². The largest absolute Gasteiger partial charge is 0.0651 e. The molecule has 0 atom stereocenters. The van der Waals surface area contributed by atoms with E-state index in [4.69, 9.17) is 0 Å². The summed E-state index contributed by atoms with van der Waals surface area (Å²) in [4.78, 5) is 0. The van der Waals surface area contributed by atoms with Gasteiger partial charge in [0.15, 0.2) is 0 Å². The van der Waals surface area contributed by atoms with E-state index in [0.29, 0.717) is 0 Å². The smallest absolute Gasteiger partial charge is 0.0212 e. The van der Waals surface area contributed by atoms with Crippen LogP contribution < -0.4 is 0 Å². The molecule has 1 aromatic rings. The average Bonchev–Trinajstić information content (AvgIpc) is 1.88. The van der Waals surface area contributed by atoms with Crippen LogP contribution in [0.4, 0.5) is 0 Å². The predicted molar refractivity (Wildman–Crippen MR) is 52.0 cm³/mol. The Morgan fingerprint density at radius 2 is 2.30 bits per heavy atom. The predicted octanol–water partition coefficient (Wildman–Crippen LogP) is 3.04. The quantitative estimate of drug-likeness (QED) is 0.702. The average molecular weight is 245 g/mol. The Morgan fingerprint density at radius 1 is 1.50 bits per heavy atom. The lowest BCUT2D eigenvalue weighted by molar-refractivity contribution is 0.919. The number of benzene rings is 1. The molecule has 1 heteroatoms. The molecule has 1 rings (SSSR count). The van der Waals surface area contributed by atoms with E-state index in [9.17, 15) is 0 Å². The van der Waals surface area contributed by atoms with E-state index in [0.717, 1.165) is 6.42 Å². The number of aryl methyl sites for hydroxylation is 1. The van der Waals surface area contributed by atoms with Crippen molar-refractivity contribution in [3.05, 3.63) is 33.4 Å². The van der Waals surface area contributed by atoms with Gasteiger partial charge in [0.25, 0.3) is 0 Å². The maximum Gasteiger partial charge on any atom is 0.0212 e. The van der Waals surface area contributed by atoms with Gasteiger partial charge >= 0.3 is 0 Å². The summed E-state index contributed by atoms with van der Waals surface area (Å²) in [6.07, 6.45) is 2.35. The topological polar surface area (TPSA) is 0 Å². The SMILES string of the molecule is CCCc1[c]c(I)ccc1. The molecule has 0 nitrogen and oxygen atoms in total. The first kappa shape index (κ1) is 8.05. The van der Waals surface area contributed by atoms with E-state index < -0.39 is 0 Å². The van der Waals surface area contributed by atoms with Gasteiger partial charge in [-0.25, -0.2) is 0 Å². The monoisotopic (exact) mass is 245 g/mol. The molecule has 0 saturated heterocycles. The van der Waals surface area contributed by atoms with Crippen LogP contribution in [-0.2, 0) is 6.42 Å². The zero-order valence-corrected chi connectivity index (χ0v) is 8.18. The Morgan fingerprint density at radius 3 is 2.90 bits per heavy atom. The van der Waals surface area contributed by atoms with Gasteiger partial charge in [0, 0.05) is 3.57 Å². The fraction of sp³-hybridized carbons (Fsp3) is 0.333. The first-order valence-corrected chi connectivity index (χ1v) is 4.57. The van der Waals surface area contributed by atoms with E-state index in [1.54, 1.807) is 0 Å². The first-order valence-electron chi connectivity index (χ1n) is 3.49. The number of halogens is 1. The molecular weight excluding hydrogens is 235 g/mol. The number of rotatable bonds is 2. The molecule has 0 aliphatic rings. The molecule has 0 aliphatic carbocycles. The maximum absolute atomic E-state index is 3.29. The van der Waals surface area contributed by atoms with Crippen LogP contribution in [0.25, 0.3) is 0 Å². The highest BCUT2D eigenvalue weighted by Crippen LogP contribution is 2.07. The molecule has 0 amide bonds. The molecule has 1 radical (unpaired) electrons. The standard InChI is InChI=1S/C9H10I/c1-2-4-8-5-3-6-9(10)7-8/h3,5-6H,2,4H2,1H3. The van der Waals surface area contributed by atoms with E-state index >= 15 is 0 Å². The summed E-state index contributed by atoms with van der Waals surface area (Å²) in [5.74, 6) is 0. The first-order chi connectivity index (χ1) is 4.83. The minimum atomic E-state index is 1.15. The molecule has 0 unspecified atom stereocenters. The lowest BCUT2D eigenvalue weighted by Gasteiger charge is -1.96. The second-order valence-electron chi connectivity index (χ2n) is 2.27. The van der Waals surface area contributed by atoms with Gasteiger partial charge < -0.3 is 0 Å². The summed E-state index contributed by atoms with van der Waals surface area (Å²) in [6.45, 7) is 2.19. The van der Waals surface area contributed by atoms with Gasteiger partial charge in [-0.15, -0.1) is 0 Å². The van der Waals surface area contributed by atoms with E-state index in [-0.39, 0.29) is 0 Å². The minimum Gasteiger partial charge on any atom is -0.0651 e. The molecule has 0 bridgehead atoms. The highest BCUT2D eigenvalue weighted by atomic mass is 127. The third kappa shape index (κ3) is 2.29. The van der Waals surface area contributed by atoms with Crippen molar-refractivity contribution in [3.63, 3.8) is 0 Å². The molecule has 0 spiro atoms. The van der Waals surface area contributed by atoms with Crippen LogP contribution in [0.3, 0.4) is 0 Å². The lowest BCUT2D eigenvalue weighted by Crippen LogP contribution is -1.83. The zero-order valence-electron chi connectivity index (χ0n) is 6.02. The van der Waals surface area contributed by atoms with Crippen molar-refractivity contribution in [1.29, 1.82) is 0 Å². The number of hydrogen-bond donors (Lipinski definition) is 0. The van der Waals surface area contributed by atoms with Crippen molar-refractivity contribution >= 4 is 22.6 Å².